The number of ketones is 1. The summed E-state index contributed by atoms with van der Waals surface area (Å²) in [6.45, 7) is 0. The van der Waals surface area contributed by atoms with E-state index in [1.54, 1.807) is 24.3 Å². The highest BCUT2D eigenvalue weighted by Gasteiger charge is 1.99. The Morgan fingerprint density at radius 1 is 1.58 bits per heavy atom. The van der Waals surface area contributed by atoms with E-state index < -0.39 is 0 Å². The van der Waals surface area contributed by atoms with E-state index in [1.807, 2.05) is 0 Å². The Morgan fingerprint density at radius 3 is 3.00 bits per heavy atom. The SMILES string of the molecule is N#CC=CC(=O)c1ccccn1. The summed E-state index contributed by atoms with van der Waals surface area (Å²) in [5.74, 6) is -0.253. The molecule has 1 aromatic heterocycles. The second-order valence-electron chi connectivity index (χ2n) is 2.04. The van der Waals surface area contributed by atoms with Gasteiger partial charge in [-0.2, -0.15) is 5.26 Å². The lowest BCUT2D eigenvalue weighted by atomic mass is 10.2. The average molecular weight is 158 g/mol. The van der Waals surface area contributed by atoms with Gasteiger partial charge in [-0.1, -0.05) is 6.07 Å². The summed E-state index contributed by atoms with van der Waals surface area (Å²) in [5, 5.41) is 8.15. The molecule has 0 radical (unpaired) electrons. The van der Waals surface area contributed by atoms with Crippen molar-refractivity contribution in [2.24, 2.45) is 0 Å². The van der Waals surface area contributed by atoms with E-state index in [9.17, 15) is 4.79 Å². The molecule has 3 heteroatoms. The number of rotatable bonds is 2. The lowest BCUT2D eigenvalue weighted by Crippen LogP contribution is -1.96. The molecule has 1 aromatic rings. The smallest absolute Gasteiger partial charge is 0.204 e. The van der Waals surface area contributed by atoms with E-state index in [0.717, 1.165) is 6.08 Å². The molecule has 12 heavy (non-hydrogen) atoms. The number of nitriles is 1. The van der Waals surface area contributed by atoms with Crippen LogP contribution >= 0.6 is 0 Å². The first-order chi connectivity index (χ1) is 5.84. The molecular formula is C9H6N2O. The van der Waals surface area contributed by atoms with Crippen molar-refractivity contribution in [2.45, 2.75) is 0 Å². The zero-order valence-electron chi connectivity index (χ0n) is 6.27. The fraction of sp³-hybridized carbons (Fsp3) is 0. The standard InChI is InChI=1S/C9H6N2O/c10-6-3-5-9(12)8-4-1-2-7-11-8/h1-5,7H. The van der Waals surface area contributed by atoms with Crippen LogP contribution in [0.25, 0.3) is 0 Å². The van der Waals surface area contributed by atoms with Gasteiger partial charge in [0.25, 0.3) is 0 Å². The first-order valence-corrected chi connectivity index (χ1v) is 3.36. The first kappa shape index (κ1) is 8.15. The number of hydrogen-bond acceptors (Lipinski definition) is 3. The van der Waals surface area contributed by atoms with Crippen molar-refractivity contribution in [3.05, 3.63) is 42.2 Å². The van der Waals surface area contributed by atoms with E-state index in [0.29, 0.717) is 5.69 Å². The second-order valence-corrected chi connectivity index (χ2v) is 2.04. The van der Waals surface area contributed by atoms with Gasteiger partial charge in [-0.25, -0.2) is 0 Å². The summed E-state index contributed by atoms with van der Waals surface area (Å²) in [4.78, 5) is 14.9. The van der Waals surface area contributed by atoms with Crippen LogP contribution in [0.3, 0.4) is 0 Å². The monoisotopic (exact) mass is 158 g/mol. The molecule has 0 N–H and O–H groups in total. The second kappa shape index (κ2) is 4.04. The van der Waals surface area contributed by atoms with Crippen LogP contribution in [0.5, 0.6) is 0 Å². The van der Waals surface area contributed by atoms with Crippen LogP contribution in [0.4, 0.5) is 0 Å². The molecule has 0 aromatic carbocycles. The molecule has 3 nitrogen and oxygen atoms in total. The van der Waals surface area contributed by atoms with Crippen molar-refractivity contribution >= 4 is 5.78 Å². The van der Waals surface area contributed by atoms with Gasteiger partial charge in [0.05, 0.1) is 6.07 Å². The maximum absolute atomic E-state index is 11.1. The largest absolute Gasteiger partial charge is 0.288 e. The van der Waals surface area contributed by atoms with Crippen molar-refractivity contribution in [1.82, 2.24) is 4.98 Å². The summed E-state index contributed by atoms with van der Waals surface area (Å²) >= 11 is 0. The number of pyridine rings is 1. The van der Waals surface area contributed by atoms with Gasteiger partial charge in [-0.3, -0.25) is 9.78 Å². The third-order valence-electron chi connectivity index (χ3n) is 1.23. The normalized spacial score (nSPS) is 9.58. The lowest BCUT2D eigenvalue weighted by Gasteiger charge is -1.90. The van der Waals surface area contributed by atoms with E-state index in [4.69, 9.17) is 5.26 Å². The minimum atomic E-state index is -0.253. The van der Waals surface area contributed by atoms with Crippen LogP contribution in [-0.2, 0) is 0 Å². The average Bonchev–Trinajstić information content (AvgIpc) is 2.15. The van der Waals surface area contributed by atoms with Crippen molar-refractivity contribution in [3.63, 3.8) is 0 Å². The summed E-state index contributed by atoms with van der Waals surface area (Å²) in [7, 11) is 0. The molecule has 58 valence electrons. The van der Waals surface area contributed by atoms with Gasteiger partial charge < -0.3 is 0 Å². The maximum Gasteiger partial charge on any atom is 0.204 e. The molecule has 0 atom stereocenters. The van der Waals surface area contributed by atoms with Gasteiger partial charge in [0, 0.05) is 12.3 Å². The molecule has 0 aliphatic heterocycles. The Balaban J connectivity index is 2.81. The van der Waals surface area contributed by atoms with Crippen LogP contribution < -0.4 is 0 Å². The van der Waals surface area contributed by atoms with Crippen LogP contribution in [0.2, 0.25) is 0 Å². The van der Waals surface area contributed by atoms with Crippen LogP contribution in [0.15, 0.2) is 36.5 Å². The molecule has 0 amide bonds. The predicted molar refractivity (Wildman–Crippen MR) is 43.3 cm³/mol. The van der Waals surface area contributed by atoms with Crippen molar-refractivity contribution < 1.29 is 4.79 Å². The summed E-state index contributed by atoms with van der Waals surface area (Å²) in [6, 6.07) is 6.79. The van der Waals surface area contributed by atoms with Crippen molar-refractivity contribution in [1.29, 1.82) is 5.26 Å². The topological polar surface area (TPSA) is 53.8 Å². The fourth-order valence-corrected chi connectivity index (χ4v) is 0.707. The molecule has 0 fully saturated rings. The number of allylic oxidation sites excluding steroid dienone is 2. The molecule has 0 aliphatic rings. The van der Waals surface area contributed by atoms with Gasteiger partial charge in [-0.05, 0) is 18.2 Å². The lowest BCUT2D eigenvalue weighted by molar-refractivity contribution is 0.104. The summed E-state index contributed by atoms with van der Waals surface area (Å²) in [5.41, 5.74) is 0.351. The molecule has 0 spiro atoms. The predicted octanol–water partition coefficient (Wildman–Crippen LogP) is 1.34. The fourth-order valence-electron chi connectivity index (χ4n) is 0.707. The zero-order valence-corrected chi connectivity index (χ0v) is 6.27. The zero-order chi connectivity index (χ0) is 8.81. The van der Waals surface area contributed by atoms with Gasteiger partial charge in [0.2, 0.25) is 5.78 Å². The van der Waals surface area contributed by atoms with Crippen LogP contribution in [-0.4, -0.2) is 10.8 Å². The van der Waals surface area contributed by atoms with Gasteiger partial charge >= 0.3 is 0 Å². The van der Waals surface area contributed by atoms with Gasteiger partial charge in [-0.15, -0.1) is 0 Å². The Morgan fingerprint density at radius 2 is 2.42 bits per heavy atom. The van der Waals surface area contributed by atoms with E-state index >= 15 is 0 Å². The van der Waals surface area contributed by atoms with Crippen molar-refractivity contribution in [2.75, 3.05) is 0 Å². The Hall–Kier alpha value is -1.95. The Kier molecular flexibility index (Phi) is 2.74. The number of carbonyl (C=O) groups excluding carboxylic acids is 1. The third-order valence-corrected chi connectivity index (χ3v) is 1.23. The molecule has 0 unspecified atom stereocenters. The third kappa shape index (κ3) is 2.03. The molecule has 1 heterocycles. The van der Waals surface area contributed by atoms with Crippen LogP contribution in [0.1, 0.15) is 10.5 Å². The van der Waals surface area contributed by atoms with Crippen molar-refractivity contribution in [3.8, 4) is 6.07 Å². The molecule has 0 saturated carbocycles. The minimum absolute atomic E-state index is 0.253. The number of aromatic nitrogens is 1. The van der Waals surface area contributed by atoms with E-state index in [-0.39, 0.29) is 5.78 Å². The highest BCUT2D eigenvalue weighted by molar-refractivity contribution is 6.03. The molecule has 1 rings (SSSR count). The van der Waals surface area contributed by atoms with E-state index in [1.165, 1.54) is 12.3 Å². The Bertz CT molecular complexity index is 335. The number of hydrogen-bond donors (Lipinski definition) is 0. The van der Waals surface area contributed by atoms with E-state index in [2.05, 4.69) is 4.98 Å². The van der Waals surface area contributed by atoms with Gasteiger partial charge in [0.15, 0.2) is 0 Å². The molecule has 0 bridgehead atoms. The summed E-state index contributed by atoms with van der Waals surface area (Å²) in [6.07, 6.45) is 3.87. The number of nitrogens with zero attached hydrogens (tertiary/aromatic N) is 2. The molecule has 0 aliphatic carbocycles. The Labute approximate surface area is 70.0 Å². The number of carbonyl (C=O) groups is 1. The molecule has 0 saturated heterocycles. The highest BCUT2D eigenvalue weighted by Crippen LogP contribution is 1.95. The molecular weight excluding hydrogens is 152 g/mol. The quantitative estimate of drug-likeness (QED) is 0.371. The minimum Gasteiger partial charge on any atom is -0.288 e. The highest BCUT2D eigenvalue weighted by atomic mass is 16.1. The summed E-state index contributed by atoms with van der Waals surface area (Å²) < 4.78 is 0. The first-order valence-electron chi connectivity index (χ1n) is 3.36. The van der Waals surface area contributed by atoms with Crippen LogP contribution in [0, 0.1) is 11.3 Å². The van der Waals surface area contributed by atoms with Gasteiger partial charge in [0.1, 0.15) is 5.69 Å². The maximum atomic E-state index is 11.1.